The third-order valence-electron chi connectivity index (χ3n) is 4.08. The molecule has 1 heterocycles. The van der Waals surface area contributed by atoms with E-state index in [1.807, 2.05) is 35.0 Å². The molecule has 0 unspecified atom stereocenters. The number of aryl methyl sites for hydroxylation is 2. The van der Waals surface area contributed by atoms with Gasteiger partial charge in [-0.3, -0.25) is 4.79 Å². The Morgan fingerprint density at radius 1 is 1.19 bits per heavy atom. The number of aliphatic hydroxyl groups is 2. The Labute approximate surface area is 158 Å². The molecule has 0 spiro atoms. The summed E-state index contributed by atoms with van der Waals surface area (Å²) < 4.78 is 1.85. The molecule has 27 heavy (non-hydrogen) atoms. The second-order valence-corrected chi connectivity index (χ2v) is 6.35. The number of imidazole rings is 1. The average molecular weight is 376 g/mol. The Bertz CT molecular complexity index is 685. The zero-order valence-electron chi connectivity index (χ0n) is 15.4. The first-order valence-corrected chi connectivity index (χ1v) is 9.14. The first kappa shape index (κ1) is 21.0. The summed E-state index contributed by atoms with van der Waals surface area (Å²) >= 11 is 0. The van der Waals surface area contributed by atoms with Crippen molar-refractivity contribution in [2.24, 2.45) is 5.73 Å². The van der Waals surface area contributed by atoms with E-state index < -0.39 is 6.29 Å². The van der Waals surface area contributed by atoms with Gasteiger partial charge in [-0.2, -0.15) is 5.48 Å². The van der Waals surface area contributed by atoms with Gasteiger partial charge in [-0.1, -0.05) is 24.3 Å². The molecule has 0 saturated carbocycles. The van der Waals surface area contributed by atoms with E-state index in [1.54, 1.807) is 6.33 Å². The van der Waals surface area contributed by atoms with Crippen LogP contribution in [0.1, 0.15) is 29.7 Å². The number of rotatable bonds is 12. The number of carbonyl (C=O) groups excluding carboxylic acids is 1. The molecule has 1 aromatic carbocycles. The summed E-state index contributed by atoms with van der Waals surface area (Å²) in [5.41, 5.74) is 11.3. The standard InChI is InChI=1S/C19H28N4O4/c20-10-9-16-3-1-15(2-4-16)5-8-19(26)27-22-11-12-23-13-17(21-14-23)6-7-18(24)25/h1-4,13-14,18,22,24-25H,5-12,20H2. The minimum atomic E-state index is -1.32. The monoisotopic (exact) mass is 376 g/mol. The summed E-state index contributed by atoms with van der Waals surface area (Å²) in [5.74, 6) is -0.302. The quantitative estimate of drug-likeness (QED) is 0.239. The van der Waals surface area contributed by atoms with Crippen LogP contribution < -0.4 is 11.2 Å². The maximum atomic E-state index is 11.8. The van der Waals surface area contributed by atoms with Gasteiger partial charge >= 0.3 is 5.97 Å². The topological polar surface area (TPSA) is 123 Å². The first-order chi connectivity index (χ1) is 13.1. The van der Waals surface area contributed by atoms with Crippen LogP contribution in [0, 0.1) is 0 Å². The Hall–Kier alpha value is -2.26. The fraction of sp³-hybridized carbons (Fsp3) is 0.474. The summed E-state index contributed by atoms with van der Waals surface area (Å²) in [5, 5.41) is 17.7. The molecule has 0 bridgehead atoms. The third-order valence-corrected chi connectivity index (χ3v) is 4.08. The van der Waals surface area contributed by atoms with Gasteiger partial charge in [0, 0.05) is 25.7 Å². The van der Waals surface area contributed by atoms with E-state index >= 15 is 0 Å². The fourth-order valence-corrected chi connectivity index (χ4v) is 2.58. The zero-order chi connectivity index (χ0) is 19.5. The fourth-order valence-electron chi connectivity index (χ4n) is 2.58. The highest BCUT2D eigenvalue weighted by molar-refractivity contribution is 5.69. The molecule has 0 atom stereocenters. The van der Waals surface area contributed by atoms with Crippen LogP contribution in [0.2, 0.25) is 0 Å². The molecule has 8 nitrogen and oxygen atoms in total. The summed E-state index contributed by atoms with van der Waals surface area (Å²) in [6.07, 6.45) is 4.72. The Morgan fingerprint density at radius 3 is 2.56 bits per heavy atom. The van der Waals surface area contributed by atoms with E-state index in [9.17, 15) is 4.79 Å². The largest absolute Gasteiger partial charge is 0.371 e. The van der Waals surface area contributed by atoms with Crippen molar-refractivity contribution < 1.29 is 19.8 Å². The van der Waals surface area contributed by atoms with Gasteiger partial charge in [-0.25, -0.2) is 4.98 Å². The van der Waals surface area contributed by atoms with Crippen LogP contribution in [-0.2, 0) is 35.4 Å². The van der Waals surface area contributed by atoms with Crippen molar-refractivity contribution in [2.45, 2.75) is 44.9 Å². The van der Waals surface area contributed by atoms with Gasteiger partial charge in [-0.05, 0) is 36.9 Å². The smallest absolute Gasteiger partial charge is 0.325 e. The molecule has 0 radical (unpaired) electrons. The molecule has 0 aliphatic rings. The van der Waals surface area contributed by atoms with Gasteiger partial charge in [0.05, 0.1) is 18.4 Å². The lowest BCUT2D eigenvalue weighted by Crippen LogP contribution is -2.24. The molecule has 2 rings (SSSR count). The molecule has 0 fully saturated rings. The predicted octanol–water partition coefficient (Wildman–Crippen LogP) is 0.308. The maximum Gasteiger partial charge on any atom is 0.325 e. The van der Waals surface area contributed by atoms with Crippen LogP contribution in [0.5, 0.6) is 0 Å². The van der Waals surface area contributed by atoms with Crippen LogP contribution >= 0.6 is 0 Å². The van der Waals surface area contributed by atoms with E-state index in [0.29, 0.717) is 38.9 Å². The lowest BCUT2D eigenvalue weighted by atomic mass is 10.1. The molecule has 148 valence electrons. The van der Waals surface area contributed by atoms with Gasteiger partial charge in [0.15, 0.2) is 6.29 Å². The summed E-state index contributed by atoms with van der Waals surface area (Å²) in [6.45, 7) is 1.67. The highest BCUT2D eigenvalue weighted by Crippen LogP contribution is 2.07. The second kappa shape index (κ2) is 11.5. The van der Waals surface area contributed by atoms with E-state index in [-0.39, 0.29) is 12.4 Å². The molecular weight excluding hydrogens is 348 g/mol. The van der Waals surface area contributed by atoms with Crippen molar-refractivity contribution >= 4 is 5.97 Å². The Morgan fingerprint density at radius 2 is 1.89 bits per heavy atom. The Balaban J connectivity index is 1.59. The Kier molecular flexibility index (Phi) is 8.93. The van der Waals surface area contributed by atoms with Gasteiger partial charge < -0.3 is 25.4 Å². The number of carbonyl (C=O) groups is 1. The van der Waals surface area contributed by atoms with Gasteiger partial charge in [0.2, 0.25) is 0 Å². The molecular formula is C19H28N4O4. The summed E-state index contributed by atoms with van der Waals surface area (Å²) in [4.78, 5) is 21.0. The van der Waals surface area contributed by atoms with Gasteiger partial charge in [0.25, 0.3) is 0 Å². The van der Waals surface area contributed by atoms with Crippen molar-refractivity contribution in [3.63, 3.8) is 0 Å². The average Bonchev–Trinajstić information content (AvgIpc) is 3.11. The molecule has 0 aliphatic heterocycles. The normalized spacial score (nSPS) is 11.1. The van der Waals surface area contributed by atoms with Crippen LogP contribution in [0.3, 0.4) is 0 Å². The van der Waals surface area contributed by atoms with Crippen molar-refractivity contribution in [1.29, 1.82) is 0 Å². The first-order valence-electron chi connectivity index (χ1n) is 9.14. The molecule has 8 heteroatoms. The van der Waals surface area contributed by atoms with Gasteiger partial charge in [-0.15, -0.1) is 0 Å². The zero-order valence-corrected chi connectivity index (χ0v) is 15.4. The van der Waals surface area contributed by atoms with Gasteiger partial charge in [0.1, 0.15) is 0 Å². The number of nitrogens with one attached hydrogen (secondary N) is 1. The number of nitrogens with two attached hydrogens (primary N) is 1. The number of hydrogen-bond donors (Lipinski definition) is 4. The number of hydroxylamine groups is 1. The number of hydrogen-bond acceptors (Lipinski definition) is 7. The molecule has 5 N–H and O–H groups in total. The lowest BCUT2D eigenvalue weighted by molar-refractivity contribution is -0.151. The van der Waals surface area contributed by atoms with Crippen LogP contribution in [0.25, 0.3) is 0 Å². The van der Waals surface area contributed by atoms with E-state index in [1.165, 1.54) is 5.56 Å². The molecule has 2 aromatic rings. The second-order valence-electron chi connectivity index (χ2n) is 6.35. The van der Waals surface area contributed by atoms with Crippen LogP contribution in [0.4, 0.5) is 0 Å². The van der Waals surface area contributed by atoms with Crippen molar-refractivity contribution in [3.05, 3.63) is 53.6 Å². The van der Waals surface area contributed by atoms with E-state index in [2.05, 4.69) is 10.5 Å². The molecule has 0 saturated heterocycles. The maximum absolute atomic E-state index is 11.8. The highest BCUT2D eigenvalue weighted by atomic mass is 16.7. The summed E-state index contributed by atoms with van der Waals surface area (Å²) in [7, 11) is 0. The lowest BCUT2D eigenvalue weighted by Gasteiger charge is -2.07. The molecule has 0 aliphatic carbocycles. The number of nitrogens with zero attached hydrogens (tertiary/aromatic N) is 2. The number of aliphatic hydroxyl groups excluding tert-OH is 1. The SMILES string of the molecule is NCCc1ccc(CCC(=O)ONCCn2cnc(CCC(O)O)c2)cc1. The van der Waals surface area contributed by atoms with E-state index in [4.69, 9.17) is 20.8 Å². The van der Waals surface area contributed by atoms with Crippen molar-refractivity contribution in [3.8, 4) is 0 Å². The van der Waals surface area contributed by atoms with Crippen LogP contribution in [0.15, 0.2) is 36.8 Å². The summed E-state index contributed by atoms with van der Waals surface area (Å²) in [6, 6.07) is 8.09. The minimum Gasteiger partial charge on any atom is -0.371 e. The molecule has 0 amide bonds. The highest BCUT2D eigenvalue weighted by Gasteiger charge is 2.05. The third kappa shape index (κ3) is 8.31. The van der Waals surface area contributed by atoms with Crippen LogP contribution in [-0.4, -0.2) is 45.1 Å². The van der Waals surface area contributed by atoms with E-state index in [0.717, 1.165) is 17.7 Å². The van der Waals surface area contributed by atoms with Crippen molar-refractivity contribution in [2.75, 3.05) is 13.1 Å². The van der Waals surface area contributed by atoms with Crippen molar-refractivity contribution in [1.82, 2.24) is 15.0 Å². The molecule has 1 aromatic heterocycles. The number of aromatic nitrogens is 2. The minimum absolute atomic E-state index is 0.253. The predicted molar refractivity (Wildman–Crippen MR) is 100 cm³/mol. The number of benzene rings is 1.